The van der Waals surface area contributed by atoms with Crippen LogP contribution in [0.3, 0.4) is 0 Å². The van der Waals surface area contributed by atoms with Crippen molar-refractivity contribution in [2.75, 3.05) is 0 Å². The average Bonchev–Trinajstić information content (AvgIpc) is 3.23. The molecule has 3 aromatic carbocycles. The van der Waals surface area contributed by atoms with E-state index in [0.717, 1.165) is 29.5 Å². The van der Waals surface area contributed by atoms with E-state index in [4.69, 9.17) is 5.10 Å². The molecule has 0 saturated carbocycles. The zero-order valence-electron chi connectivity index (χ0n) is 20.3. The molecule has 4 rings (SSSR count). The van der Waals surface area contributed by atoms with Crippen LogP contribution >= 0.6 is 0 Å². The zero-order valence-corrected chi connectivity index (χ0v) is 20.3. The second kappa shape index (κ2) is 8.22. The smallest absolute Gasteiger partial charge is 0.143 e. The monoisotopic (exact) mass is 443 g/mol. The van der Waals surface area contributed by atoms with Gasteiger partial charge in [0.2, 0.25) is 0 Å². The van der Waals surface area contributed by atoms with Crippen LogP contribution in [-0.4, -0.2) is 25.2 Å². The first-order valence-electron chi connectivity index (χ1n) is 11.6. The quantitative estimate of drug-likeness (QED) is 0.341. The van der Waals surface area contributed by atoms with Crippen molar-refractivity contribution in [3.63, 3.8) is 0 Å². The highest BCUT2D eigenvalue weighted by atomic mass is 16.3. The molecule has 0 aliphatic heterocycles. The Morgan fingerprint density at radius 2 is 1.48 bits per heavy atom. The van der Waals surface area contributed by atoms with E-state index in [1.54, 1.807) is 18.2 Å². The van der Waals surface area contributed by atoms with Crippen molar-refractivity contribution in [3.8, 4) is 28.3 Å². The predicted molar refractivity (Wildman–Crippen MR) is 134 cm³/mol. The summed E-state index contributed by atoms with van der Waals surface area (Å²) in [6.45, 7) is 13.2. The Labute approximate surface area is 195 Å². The third kappa shape index (κ3) is 3.97. The van der Waals surface area contributed by atoms with Gasteiger partial charge in [0.05, 0.1) is 0 Å². The van der Waals surface area contributed by atoms with Crippen LogP contribution in [0.1, 0.15) is 65.5 Å². The maximum Gasteiger partial charge on any atom is 0.143 e. The number of hydrogen-bond donors (Lipinski definition) is 2. The third-order valence-corrected chi connectivity index (χ3v) is 7.19. The Kier molecular flexibility index (Phi) is 5.69. The van der Waals surface area contributed by atoms with E-state index in [0.29, 0.717) is 22.5 Å². The molecule has 0 bridgehead atoms. The fourth-order valence-electron chi connectivity index (χ4n) is 4.04. The minimum Gasteiger partial charge on any atom is -0.507 e. The van der Waals surface area contributed by atoms with Gasteiger partial charge in [-0.05, 0) is 53.5 Å². The predicted octanol–water partition coefficient (Wildman–Crippen LogP) is 6.87. The highest BCUT2D eigenvalue weighted by Gasteiger charge is 2.29. The van der Waals surface area contributed by atoms with Crippen molar-refractivity contribution in [3.05, 3.63) is 65.7 Å². The summed E-state index contributed by atoms with van der Waals surface area (Å²) in [4.78, 5) is 1.46. The minimum absolute atomic E-state index is 0.0393. The Hall–Kier alpha value is -3.34. The number of nitrogens with zero attached hydrogens (tertiary/aromatic N) is 3. The second-order valence-electron chi connectivity index (χ2n) is 10.0. The van der Waals surface area contributed by atoms with Crippen LogP contribution in [0.15, 0.2) is 54.6 Å². The molecule has 1 heterocycles. The van der Waals surface area contributed by atoms with E-state index in [-0.39, 0.29) is 16.6 Å². The molecule has 0 saturated heterocycles. The van der Waals surface area contributed by atoms with Crippen LogP contribution in [0.2, 0.25) is 0 Å². The van der Waals surface area contributed by atoms with Gasteiger partial charge < -0.3 is 10.2 Å². The summed E-state index contributed by atoms with van der Waals surface area (Å²) in [6.07, 6.45) is 1.89. The molecule has 0 unspecified atom stereocenters. The van der Waals surface area contributed by atoms with Gasteiger partial charge in [-0.2, -0.15) is 0 Å². The zero-order chi connectivity index (χ0) is 24.0. The van der Waals surface area contributed by atoms with Crippen LogP contribution in [-0.2, 0) is 10.8 Å². The third-order valence-electron chi connectivity index (χ3n) is 7.19. The minimum atomic E-state index is -0.181. The van der Waals surface area contributed by atoms with Gasteiger partial charge in [0.25, 0.3) is 0 Å². The molecule has 0 aliphatic carbocycles. The van der Waals surface area contributed by atoms with Crippen LogP contribution in [0.5, 0.6) is 11.5 Å². The Morgan fingerprint density at radius 1 is 0.788 bits per heavy atom. The van der Waals surface area contributed by atoms with Crippen molar-refractivity contribution < 1.29 is 10.2 Å². The van der Waals surface area contributed by atoms with Crippen molar-refractivity contribution in [2.45, 2.75) is 65.2 Å². The summed E-state index contributed by atoms with van der Waals surface area (Å²) in [5, 5.41) is 31.1. The Bertz CT molecular complexity index is 1320. The summed E-state index contributed by atoms with van der Waals surface area (Å²) in [5.41, 5.74) is 5.41. The van der Waals surface area contributed by atoms with Crippen molar-refractivity contribution >= 4 is 11.0 Å². The molecule has 1 aromatic heterocycles. The number of para-hydroxylation sites is 2. The summed E-state index contributed by atoms with van der Waals surface area (Å²) < 4.78 is 0. The normalized spacial score (nSPS) is 12.4. The average molecular weight is 444 g/mol. The van der Waals surface area contributed by atoms with Gasteiger partial charge in [-0.15, -0.1) is 15.0 Å². The lowest BCUT2D eigenvalue weighted by molar-refractivity contribution is 0.426. The standard InChI is InChI=1S/C28H33N3O2/c1-7-27(3,4)18-16-20(26(33)21(17-18)28(5,6)8-2)19-12-11-13-22-25(19)30-31(29-22)23-14-9-10-15-24(23)32/h9-17,32-33H,7-8H2,1-6H3. The lowest BCUT2D eigenvalue weighted by Crippen LogP contribution is -2.20. The van der Waals surface area contributed by atoms with E-state index in [2.05, 4.69) is 58.8 Å². The Morgan fingerprint density at radius 3 is 2.15 bits per heavy atom. The molecule has 0 amide bonds. The lowest BCUT2D eigenvalue weighted by Gasteiger charge is -2.30. The molecule has 5 nitrogen and oxygen atoms in total. The van der Waals surface area contributed by atoms with E-state index in [9.17, 15) is 10.2 Å². The summed E-state index contributed by atoms with van der Waals surface area (Å²) >= 11 is 0. The fourth-order valence-corrected chi connectivity index (χ4v) is 4.04. The SMILES string of the molecule is CCC(C)(C)c1cc(-c2cccc3nn(-c4ccccc4O)nc23)c(O)c(C(C)(C)CC)c1. The number of aromatic hydroxyl groups is 2. The number of rotatable bonds is 6. The molecular weight excluding hydrogens is 410 g/mol. The highest BCUT2D eigenvalue weighted by molar-refractivity contribution is 5.94. The molecule has 4 aromatic rings. The maximum atomic E-state index is 11.5. The van der Waals surface area contributed by atoms with E-state index >= 15 is 0 Å². The van der Waals surface area contributed by atoms with E-state index in [1.165, 1.54) is 10.4 Å². The number of fused-ring (bicyclic) bond motifs is 1. The molecule has 0 fully saturated rings. The molecule has 33 heavy (non-hydrogen) atoms. The summed E-state index contributed by atoms with van der Waals surface area (Å²) in [5.74, 6) is 0.406. The molecule has 2 N–H and O–H groups in total. The molecule has 0 aliphatic rings. The largest absolute Gasteiger partial charge is 0.507 e. The van der Waals surface area contributed by atoms with Crippen molar-refractivity contribution in [1.82, 2.24) is 15.0 Å². The number of benzene rings is 3. The van der Waals surface area contributed by atoms with Crippen molar-refractivity contribution in [1.29, 1.82) is 0 Å². The van der Waals surface area contributed by atoms with Crippen LogP contribution in [0.4, 0.5) is 0 Å². The second-order valence-corrected chi connectivity index (χ2v) is 10.0. The van der Waals surface area contributed by atoms with Crippen LogP contribution in [0.25, 0.3) is 27.8 Å². The molecule has 0 atom stereocenters. The van der Waals surface area contributed by atoms with Gasteiger partial charge in [0.15, 0.2) is 0 Å². The molecular formula is C28H33N3O2. The van der Waals surface area contributed by atoms with Gasteiger partial charge in [-0.25, -0.2) is 0 Å². The van der Waals surface area contributed by atoms with Crippen LogP contribution < -0.4 is 0 Å². The van der Waals surface area contributed by atoms with E-state index in [1.807, 2.05) is 24.3 Å². The van der Waals surface area contributed by atoms with Gasteiger partial charge in [-0.1, -0.05) is 71.9 Å². The summed E-state index contributed by atoms with van der Waals surface area (Å²) in [6, 6.07) is 17.1. The number of hydrogen-bond acceptors (Lipinski definition) is 4. The van der Waals surface area contributed by atoms with Gasteiger partial charge in [0.1, 0.15) is 28.2 Å². The summed E-state index contributed by atoms with van der Waals surface area (Å²) in [7, 11) is 0. The van der Waals surface area contributed by atoms with Gasteiger partial charge in [-0.3, -0.25) is 0 Å². The molecule has 5 heteroatoms. The fraction of sp³-hybridized carbons (Fsp3) is 0.357. The highest BCUT2D eigenvalue weighted by Crippen LogP contribution is 2.45. The van der Waals surface area contributed by atoms with E-state index < -0.39 is 0 Å². The lowest BCUT2D eigenvalue weighted by atomic mass is 9.74. The Balaban J connectivity index is 2.00. The number of phenolic OH excluding ortho intramolecular Hbond substituents is 2. The first-order chi connectivity index (χ1) is 15.6. The van der Waals surface area contributed by atoms with Gasteiger partial charge in [0, 0.05) is 16.7 Å². The van der Waals surface area contributed by atoms with Crippen molar-refractivity contribution in [2.24, 2.45) is 0 Å². The number of aromatic nitrogens is 3. The maximum absolute atomic E-state index is 11.5. The first kappa shape index (κ1) is 22.8. The molecule has 0 spiro atoms. The first-order valence-corrected chi connectivity index (χ1v) is 11.6. The topological polar surface area (TPSA) is 71.2 Å². The number of phenols is 2. The van der Waals surface area contributed by atoms with Crippen LogP contribution in [0, 0.1) is 0 Å². The molecule has 172 valence electrons. The van der Waals surface area contributed by atoms with Gasteiger partial charge >= 0.3 is 0 Å². The molecule has 0 radical (unpaired) electrons.